The van der Waals surface area contributed by atoms with E-state index < -0.39 is 17.7 Å². The number of hydrogen-bond acceptors (Lipinski definition) is 2. The second kappa shape index (κ2) is 17.5. The van der Waals surface area contributed by atoms with Crippen molar-refractivity contribution in [1.29, 1.82) is 0 Å². The molecule has 0 amide bonds. The number of alkyl halides is 3. The van der Waals surface area contributed by atoms with Gasteiger partial charge in [-0.3, -0.25) is 0 Å². The van der Waals surface area contributed by atoms with Crippen LogP contribution in [0.1, 0.15) is 124 Å². The molecule has 0 N–H and O–H groups in total. The van der Waals surface area contributed by atoms with Crippen molar-refractivity contribution in [2.45, 2.75) is 135 Å². The third-order valence-corrected chi connectivity index (χ3v) is 4.98. The minimum atomic E-state index is -4.91. The lowest BCUT2D eigenvalue weighted by Gasteiger charge is -2.25. The predicted octanol–water partition coefficient (Wildman–Crippen LogP) is 8.24. The molecule has 0 radical (unpaired) electrons. The molecule has 0 saturated carbocycles. The van der Waals surface area contributed by atoms with Crippen LogP contribution in [0.4, 0.5) is 13.2 Å². The van der Waals surface area contributed by atoms with Gasteiger partial charge in [-0.05, 0) is 26.7 Å². The summed E-state index contributed by atoms with van der Waals surface area (Å²) in [6, 6.07) is 0. The Morgan fingerprint density at radius 1 is 0.679 bits per heavy atom. The van der Waals surface area contributed by atoms with E-state index >= 15 is 0 Å². The third-order valence-electron chi connectivity index (χ3n) is 4.98. The van der Waals surface area contributed by atoms with Gasteiger partial charge in [-0.25, -0.2) is 4.79 Å². The molecule has 0 spiro atoms. The minimum absolute atomic E-state index is 0. The number of unbranched alkanes of at least 4 members (excludes halogenated alkanes) is 14. The van der Waals surface area contributed by atoms with Crippen LogP contribution in [0.5, 0.6) is 0 Å². The number of rotatable bonds is 17. The first-order valence-electron chi connectivity index (χ1n) is 11.0. The van der Waals surface area contributed by atoms with E-state index in [1.54, 1.807) is 13.8 Å². The highest BCUT2D eigenvalue weighted by Crippen LogP contribution is 2.25. The number of hydrogen-bond donors (Lipinski definition) is 0. The third kappa shape index (κ3) is 18.9. The van der Waals surface area contributed by atoms with E-state index in [2.05, 4.69) is 11.7 Å². The smallest absolute Gasteiger partial charge is 0.453 e. The molecule has 0 fully saturated rings. The zero-order chi connectivity index (χ0) is 20.6. The first-order chi connectivity index (χ1) is 12.7. The summed E-state index contributed by atoms with van der Waals surface area (Å²) < 4.78 is 41.2. The van der Waals surface area contributed by atoms with E-state index in [4.69, 9.17) is 0 Å². The summed E-state index contributed by atoms with van der Waals surface area (Å²) in [5.41, 5.74) is -1.05. The Hall–Kier alpha value is -0.390. The summed E-state index contributed by atoms with van der Waals surface area (Å²) in [7, 11) is 0. The standard InChI is InChI=1S/C22H41F3O2.H2S/c1-4-5-6-7-8-9-10-11-12-13-14-15-16-17-18-19-21(2,3)27-20(26)22(23,24)25;/h4-19H2,1-3H3;1H2. The molecule has 0 aromatic carbocycles. The Bertz CT molecular complexity index is 371. The molecule has 0 aromatic rings. The van der Waals surface area contributed by atoms with Crippen molar-refractivity contribution >= 4 is 19.5 Å². The number of halogens is 3. The Labute approximate surface area is 177 Å². The Morgan fingerprint density at radius 3 is 1.32 bits per heavy atom. The number of carbonyl (C=O) groups excluding carboxylic acids is 1. The highest BCUT2D eigenvalue weighted by Gasteiger charge is 2.43. The van der Waals surface area contributed by atoms with Gasteiger partial charge in [0.2, 0.25) is 0 Å². The van der Waals surface area contributed by atoms with E-state index in [0.717, 1.165) is 19.3 Å². The molecule has 28 heavy (non-hydrogen) atoms. The SMILES string of the molecule is CCCCCCCCCCCCCCCCCC(C)(C)OC(=O)C(F)(F)F.S. The van der Waals surface area contributed by atoms with E-state index in [9.17, 15) is 18.0 Å². The fraction of sp³-hybridized carbons (Fsp3) is 0.955. The highest BCUT2D eigenvalue weighted by molar-refractivity contribution is 7.59. The molecule has 170 valence electrons. The quantitative estimate of drug-likeness (QED) is 0.172. The van der Waals surface area contributed by atoms with Crippen molar-refractivity contribution in [3.8, 4) is 0 Å². The molecular weight excluding hydrogens is 385 g/mol. The van der Waals surface area contributed by atoms with Crippen molar-refractivity contribution in [2.75, 3.05) is 0 Å². The van der Waals surface area contributed by atoms with Crippen molar-refractivity contribution in [3.05, 3.63) is 0 Å². The largest absolute Gasteiger partial charge is 0.490 e. The minimum Gasteiger partial charge on any atom is -0.453 e. The van der Waals surface area contributed by atoms with Gasteiger partial charge < -0.3 is 4.74 Å². The lowest BCUT2D eigenvalue weighted by atomic mass is 9.99. The molecule has 0 aliphatic rings. The van der Waals surface area contributed by atoms with Gasteiger partial charge in [0.05, 0.1) is 0 Å². The number of ether oxygens (including phenoxy) is 1. The van der Waals surface area contributed by atoms with E-state index in [1.165, 1.54) is 77.0 Å². The van der Waals surface area contributed by atoms with E-state index in [1.807, 2.05) is 0 Å². The Balaban J connectivity index is 0. The molecule has 0 rings (SSSR count). The van der Waals surface area contributed by atoms with Crippen LogP contribution in [-0.4, -0.2) is 17.7 Å². The van der Waals surface area contributed by atoms with Gasteiger partial charge in [-0.1, -0.05) is 96.8 Å². The van der Waals surface area contributed by atoms with Gasteiger partial charge in [-0.15, -0.1) is 0 Å². The van der Waals surface area contributed by atoms with E-state index in [-0.39, 0.29) is 13.5 Å². The van der Waals surface area contributed by atoms with Crippen LogP contribution < -0.4 is 0 Å². The maximum absolute atomic E-state index is 12.2. The lowest BCUT2D eigenvalue weighted by molar-refractivity contribution is -0.212. The van der Waals surface area contributed by atoms with Crippen LogP contribution in [0, 0.1) is 0 Å². The molecule has 2 nitrogen and oxygen atoms in total. The predicted molar refractivity (Wildman–Crippen MR) is 116 cm³/mol. The maximum Gasteiger partial charge on any atom is 0.490 e. The van der Waals surface area contributed by atoms with E-state index in [0.29, 0.717) is 6.42 Å². The first kappa shape index (κ1) is 29.8. The summed E-state index contributed by atoms with van der Waals surface area (Å²) in [5, 5.41) is 0. The molecule has 0 bridgehead atoms. The average Bonchev–Trinajstić information content (AvgIpc) is 2.57. The van der Waals surface area contributed by atoms with Crippen LogP contribution >= 0.6 is 13.5 Å². The monoisotopic (exact) mass is 428 g/mol. The zero-order valence-corrected chi connectivity index (χ0v) is 19.3. The number of carbonyl (C=O) groups is 1. The molecule has 0 heterocycles. The number of esters is 1. The summed E-state index contributed by atoms with van der Waals surface area (Å²) in [4.78, 5) is 10.9. The van der Waals surface area contributed by atoms with Crippen molar-refractivity contribution in [1.82, 2.24) is 0 Å². The van der Waals surface area contributed by atoms with Gasteiger partial charge in [0.25, 0.3) is 0 Å². The van der Waals surface area contributed by atoms with Crippen molar-refractivity contribution in [2.24, 2.45) is 0 Å². The molecule has 0 aromatic heterocycles. The Kier molecular flexibility index (Phi) is 18.6. The van der Waals surface area contributed by atoms with Crippen molar-refractivity contribution < 1.29 is 22.7 Å². The molecule has 6 heteroatoms. The maximum atomic E-state index is 12.2. The fourth-order valence-electron chi connectivity index (χ4n) is 3.28. The first-order valence-corrected chi connectivity index (χ1v) is 11.0. The molecule has 0 atom stereocenters. The van der Waals surface area contributed by atoms with Crippen LogP contribution in [0.3, 0.4) is 0 Å². The second-order valence-corrected chi connectivity index (χ2v) is 8.35. The molecule has 0 aliphatic heterocycles. The van der Waals surface area contributed by atoms with Crippen LogP contribution in [0.15, 0.2) is 0 Å². The van der Waals surface area contributed by atoms with Crippen LogP contribution in [0.25, 0.3) is 0 Å². The molecule has 0 saturated heterocycles. The highest BCUT2D eigenvalue weighted by atomic mass is 32.1. The van der Waals surface area contributed by atoms with Crippen molar-refractivity contribution in [3.63, 3.8) is 0 Å². The lowest BCUT2D eigenvalue weighted by Crippen LogP contribution is -2.35. The van der Waals surface area contributed by atoms with Gasteiger partial charge >= 0.3 is 12.1 Å². The summed E-state index contributed by atoms with van der Waals surface area (Å²) >= 11 is 0. The van der Waals surface area contributed by atoms with Gasteiger partial charge in [-0.2, -0.15) is 26.7 Å². The summed E-state index contributed by atoms with van der Waals surface area (Å²) in [6.45, 7) is 5.33. The Morgan fingerprint density at radius 2 is 1.00 bits per heavy atom. The fourth-order valence-corrected chi connectivity index (χ4v) is 3.28. The average molecular weight is 429 g/mol. The topological polar surface area (TPSA) is 26.3 Å². The zero-order valence-electron chi connectivity index (χ0n) is 18.3. The normalized spacial score (nSPS) is 11.9. The molecule has 0 aliphatic carbocycles. The summed E-state index contributed by atoms with van der Waals surface area (Å²) in [6.07, 6.45) is 14.3. The van der Waals surface area contributed by atoms with Gasteiger partial charge in [0.1, 0.15) is 5.60 Å². The summed E-state index contributed by atoms with van der Waals surface area (Å²) in [5.74, 6) is -2.09. The second-order valence-electron chi connectivity index (χ2n) is 8.35. The van der Waals surface area contributed by atoms with Gasteiger partial charge in [0, 0.05) is 0 Å². The molecular formula is C22H43F3O2S. The van der Waals surface area contributed by atoms with Crippen LogP contribution in [0.2, 0.25) is 0 Å². The van der Waals surface area contributed by atoms with Gasteiger partial charge in [0.15, 0.2) is 0 Å². The molecule has 0 unspecified atom stereocenters. The van der Waals surface area contributed by atoms with Crippen LogP contribution in [-0.2, 0) is 9.53 Å².